The Balaban J connectivity index is 2.75. The summed E-state index contributed by atoms with van der Waals surface area (Å²) in [6, 6.07) is 7.12. The number of carbonyl (C=O) groups is 2. The fourth-order valence-corrected chi connectivity index (χ4v) is 1.69. The maximum Gasteiger partial charge on any atom is 0.275 e. The lowest BCUT2D eigenvalue weighted by Crippen LogP contribution is -2.44. The predicted octanol–water partition coefficient (Wildman–Crippen LogP) is 1.21. The number of benzene rings is 1. The first-order valence-corrected chi connectivity index (χ1v) is 6.19. The maximum absolute atomic E-state index is 11.6. The number of amides is 1. The zero-order valence-corrected chi connectivity index (χ0v) is 11.5. The average Bonchev–Trinajstić information content (AvgIpc) is 2.36. The Labute approximate surface area is 113 Å². The third-order valence-electron chi connectivity index (χ3n) is 2.65. The van der Waals surface area contributed by atoms with E-state index in [1.807, 2.05) is 26.0 Å². The molecule has 0 radical (unpaired) electrons. The standard InChI is InChI=1S/C14H20N2O3/c1-9(2)13(14(18)16-15)19-12-6-4-11(5-7-12)8-10(3)17/h4-7,9,13H,8,15H2,1-3H3,(H,16,18). The zero-order valence-electron chi connectivity index (χ0n) is 11.5. The van der Waals surface area contributed by atoms with Gasteiger partial charge in [-0.05, 0) is 30.5 Å². The maximum atomic E-state index is 11.6. The van der Waals surface area contributed by atoms with Gasteiger partial charge in [-0.2, -0.15) is 0 Å². The normalized spacial score (nSPS) is 12.1. The fraction of sp³-hybridized carbons (Fsp3) is 0.429. The van der Waals surface area contributed by atoms with Crippen LogP contribution in [-0.2, 0) is 16.0 Å². The lowest BCUT2D eigenvalue weighted by Gasteiger charge is -2.20. The van der Waals surface area contributed by atoms with Gasteiger partial charge in [-0.25, -0.2) is 5.84 Å². The highest BCUT2D eigenvalue weighted by molar-refractivity contribution is 5.80. The second-order valence-electron chi connectivity index (χ2n) is 4.81. The minimum Gasteiger partial charge on any atom is -0.480 e. The molecule has 1 unspecified atom stereocenters. The van der Waals surface area contributed by atoms with Crippen molar-refractivity contribution in [2.24, 2.45) is 11.8 Å². The van der Waals surface area contributed by atoms with Crippen LogP contribution in [0.3, 0.4) is 0 Å². The Morgan fingerprint density at radius 3 is 2.26 bits per heavy atom. The van der Waals surface area contributed by atoms with E-state index in [4.69, 9.17) is 10.6 Å². The van der Waals surface area contributed by atoms with Crippen molar-refractivity contribution in [3.05, 3.63) is 29.8 Å². The second-order valence-corrected chi connectivity index (χ2v) is 4.81. The molecule has 5 heteroatoms. The molecule has 0 aromatic heterocycles. The SMILES string of the molecule is CC(=O)Cc1ccc(OC(C(=O)NN)C(C)C)cc1. The van der Waals surface area contributed by atoms with Crippen molar-refractivity contribution in [2.45, 2.75) is 33.3 Å². The number of nitrogens with two attached hydrogens (primary N) is 1. The van der Waals surface area contributed by atoms with Gasteiger partial charge in [0.2, 0.25) is 0 Å². The Kier molecular flexibility index (Phi) is 5.51. The minimum absolute atomic E-state index is 0.000413. The molecule has 19 heavy (non-hydrogen) atoms. The Morgan fingerprint density at radius 1 is 1.26 bits per heavy atom. The van der Waals surface area contributed by atoms with Crippen LogP contribution in [0.15, 0.2) is 24.3 Å². The van der Waals surface area contributed by atoms with Crippen LogP contribution >= 0.6 is 0 Å². The summed E-state index contributed by atoms with van der Waals surface area (Å²) < 4.78 is 5.61. The average molecular weight is 264 g/mol. The van der Waals surface area contributed by atoms with Crippen molar-refractivity contribution < 1.29 is 14.3 Å². The van der Waals surface area contributed by atoms with Crippen LogP contribution in [0.2, 0.25) is 0 Å². The van der Waals surface area contributed by atoms with Crippen LogP contribution in [0, 0.1) is 5.92 Å². The first-order chi connectivity index (χ1) is 8.93. The van der Waals surface area contributed by atoms with Crippen molar-refractivity contribution in [1.29, 1.82) is 0 Å². The van der Waals surface area contributed by atoms with Gasteiger partial charge in [-0.15, -0.1) is 0 Å². The highest BCUT2D eigenvalue weighted by Gasteiger charge is 2.23. The van der Waals surface area contributed by atoms with Crippen LogP contribution < -0.4 is 16.0 Å². The molecule has 0 fully saturated rings. The number of ketones is 1. The van der Waals surface area contributed by atoms with E-state index < -0.39 is 6.10 Å². The van der Waals surface area contributed by atoms with Crippen LogP contribution in [0.4, 0.5) is 0 Å². The predicted molar refractivity (Wildman–Crippen MR) is 72.4 cm³/mol. The fourth-order valence-electron chi connectivity index (χ4n) is 1.69. The molecular formula is C14H20N2O3. The number of hydrazine groups is 1. The molecule has 0 aliphatic heterocycles. The van der Waals surface area contributed by atoms with E-state index in [9.17, 15) is 9.59 Å². The van der Waals surface area contributed by atoms with Crippen LogP contribution in [0.5, 0.6) is 5.75 Å². The molecular weight excluding hydrogens is 244 g/mol. The van der Waals surface area contributed by atoms with Gasteiger partial charge in [0.05, 0.1) is 0 Å². The van der Waals surface area contributed by atoms with Crippen molar-refractivity contribution in [3.63, 3.8) is 0 Å². The van der Waals surface area contributed by atoms with E-state index in [0.29, 0.717) is 12.2 Å². The van der Waals surface area contributed by atoms with Gasteiger partial charge in [-0.3, -0.25) is 15.0 Å². The number of hydrogen-bond donors (Lipinski definition) is 2. The zero-order chi connectivity index (χ0) is 14.4. The molecule has 1 amide bonds. The van der Waals surface area contributed by atoms with Gasteiger partial charge in [-0.1, -0.05) is 26.0 Å². The molecule has 1 aromatic carbocycles. The molecule has 1 rings (SSSR count). The van der Waals surface area contributed by atoms with Crippen molar-refractivity contribution in [3.8, 4) is 5.75 Å². The molecule has 0 aliphatic rings. The Hall–Kier alpha value is -1.88. The van der Waals surface area contributed by atoms with Gasteiger partial charge in [0.25, 0.3) is 5.91 Å². The van der Waals surface area contributed by atoms with Crippen molar-refractivity contribution >= 4 is 11.7 Å². The summed E-state index contributed by atoms with van der Waals surface area (Å²) >= 11 is 0. The lowest BCUT2D eigenvalue weighted by atomic mass is 10.1. The van der Waals surface area contributed by atoms with Crippen LogP contribution in [0.25, 0.3) is 0 Å². The first-order valence-electron chi connectivity index (χ1n) is 6.19. The van der Waals surface area contributed by atoms with E-state index in [1.165, 1.54) is 0 Å². The molecule has 0 heterocycles. The highest BCUT2D eigenvalue weighted by Crippen LogP contribution is 2.17. The molecule has 0 aliphatic carbocycles. The molecule has 1 atom stereocenters. The smallest absolute Gasteiger partial charge is 0.275 e. The molecule has 3 N–H and O–H groups in total. The van der Waals surface area contributed by atoms with Gasteiger partial charge in [0.15, 0.2) is 6.10 Å². The third kappa shape index (κ3) is 4.71. The minimum atomic E-state index is -0.636. The molecule has 1 aromatic rings. The number of ether oxygens (including phenoxy) is 1. The van der Waals surface area contributed by atoms with E-state index in [-0.39, 0.29) is 17.6 Å². The summed E-state index contributed by atoms with van der Waals surface area (Å²) in [5.74, 6) is 5.45. The summed E-state index contributed by atoms with van der Waals surface area (Å²) in [7, 11) is 0. The Bertz CT molecular complexity index is 441. The summed E-state index contributed by atoms with van der Waals surface area (Å²) in [6.07, 6.45) is -0.236. The van der Waals surface area contributed by atoms with Gasteiger partial charge >= 0.3 is 0 Å². The number of Topliss-reactive ketones (excluding diaryl/α,β-unsaturated/α-hetero) is 1. The lowest BCUT2D eigenvalue weighted by molar-refractivity contribution is -0.129. The molecule has 104 valence electrons. The summed E-state index contributed by atoms with van der Waals surface area (Å²) in [4.78, 5) is 22.6. The quantitative estimate of drug-likeness (QED) is 0.460. The van der Waals surface area contributed by atoms with Crippen molar-refractivity contribution in [2.75, 3.05) is 0 Å². The number of carbonyl (C=O) groups excluding carboxylic acids is 2. The van der Waals surface area contributed by atoms with Gasteiger partial charge in [0, 0.05) is 6.42 Å². The largest absolute Gasteiger partial charge is 0.480 e. The van der Waals surface area contributed by atoms with Crippen molar-refractivity contribution in [1.82, 2.24) is 5.43 Å². The van der Waals surface area contributed by atoms with E-state index >= 15 is 0 Å². The molecule has 0 saturated carbocycles. The Morgan fingerprint density at radius 2 is 1.84 bits per heavy atom. The third-order valence-corrected chi connectivity index (χ3v) is 2.65. The highest BCUT2D eigenvalue weighted by atomic mass is 16.5. The summed E-state index contributed by atoms with van der Waals surface area (Å²) in [5.41, 5.74) is 3.02. The summed E-state index contributed by atoms with van der Waals surface area (Å²) in [5, 5.41) is 0. The van der Waals surface area contributed by atoms with E-state index in [1.54, 1.807) is 19.1 Å². The van der Waals surface area contributed by atoms with Gasteiger partial charge in [0.1, 0.15) is 11.5 Å². The van der Waals surface area contributed by atoms with Crippen LogP contribution in [-0.4, -0.2) is 17.8 Å². The second kappa shape index (κ2) is 6.89. The summed E-state index contributed by atoms with van der Waals surface area (Å²) in [6.45, 7) is 5.30. The molecule has 0 spiro atoms. The molecule has 5 nitrogen and oxygen atoms in total. The van der Waals surface area contributed by atoms with E-state index in [0.717, 1.165) is 5.56 Å². The molecule has 0 saturated heterocycles. The van der Waals surface area contributed by atoms with E-state index in [2.05, 4.69) is 5.43 Å². The topological polar surface area (TPSA) is 81.4 Å². The number of nitrogens with one attached hydrogen (secondary N) is 1. The number of rotatable bonds is 6. The first kappa shape index (κ1) is 15.2. The van der Waals surface area contributed by atoms with Crippen LogP contribution in [0.1, 0.15) is 26.3 Å². The number of hydrogen-bond acceptors (Lipinski definition) is 4. The monoisotopic (exact) mass is 264 g/mol. The molecule has 0 bridgehead atoms. The van der Waals surface area contributed by atoms with Gasteiger partial charge < -0.3 is 4.74 Å².